The summed E-state index contributed by atoms with van der Waals surface area (Å²) in [6.45, 7) is 2.01. The van der Waals surface area contributed by atoms with E-state index in [1.807, 2.05) is 17.0 Å². The number of ether oxygens (including phenoxy) is 1. The van der Waals surface area contributed by atoms with Crippen molar-refractivity contribution in [2.45, 2.75) is 44.4 Å². The van der Waals surface area contributed by atoms with Gasteiger partial charge in [0.25, 0.3) is 0 Å². The van der Waals surface area contributed by atoms with Crippen LogP contribution < -0.4 is 5.32 Å². The van der Waals surface area contributed by atoms with Gasteiger partial charge in [-0.05, 0) is 54.5 Å². The Labute approximate surface area is 154 Å². The largest absolute Gasteiger partial charge is 0.376 e. The van der Waals surface area contributed by atoms with Crippen molar-refractivity contribution in [2.75, 3.05) is 13.2 Å². The van der Waals surface area contributed by atoms with Crippen LogP contribution in [0, 0.1) is 0 Å². The monoisotopic (exact) mass is 351 g/mol. The Kier molecular flexibility index (Phi) is 5.16. The second-order valence-corrected chi connectivity index (χ2v) is 7.19. The van der Waals surface area contributed by atoms with Crippen LogP contribution in [0.5, 0.6) is 0 Å². The summed E-state index contributed by atoms with van der Waals surface area (Å²) in [4.78, 5) is 18.9. The molecule has 1 N–H and O–H groups in total. The maximum atomic E-state index is 13.0. The first-order valence-corrected chi connectivity index (χ1v) is 9.40. The van der Waals surface area contributed by atoms with Gasteiger partial charge in [0.1, 0.15) is 0 Å². The number of benzene rings is 1. The number of urea groups is 1. The fourth-order valence-electron chi connectivity index (χ4n) is 3.89. The van der Waals surface area contributed by atoms with E-state index in [-0.39, 0.29) is 18.2 Å². The Hall–Kier alpha value is -2.40. The maximum absolute atomic E-state index is 13.0. The zero-order chi connectivity index (χ0) is 17.8. The van der Waals surface area contributed by atoms with Gasteiger partial charge < -0.3 is 15.0 Å². The van der Waals surface area contributed by atoms with Crippen molar-refractivity contribution in [1.29, 1.82) is 0 Å². The second-order valence-electron chi connectivity index (χ2n) is 7.19. The molecule has 0 spiro atoms. The van der Waals surface area contributed by atoms with Gasteiger partial charge in [-0.1, -0.05) is 24.3 Å². The van der Waals surface area contributed by atoms with E-state index in [9.17, 15) is 4.79 Å². The highest BCUT2D eigenvalue weighted by Gasteiger charge is 2.27. The molecule has 5 heteroatoms. The summed E-state index contributed by atoms with van der Waals surface area (Å²) >= 11 is 0. The number of hydrogen-bond donors (Lipinski definition) is 1. The smallest absolute Gasteiger partial charge is 0.318 e. The average Bonchev–Trinajstić information content (AvgIpc) is 3.31. The summed E-state index contributed by atoms with van der Waals surface area (Å²) in [6, 6.07) is 12.5. The highest BCUT2D eigenvalue weighted by atomic mass is 16.5. The van der Waals surface area contributed by atoms with Crippen molar-refractivity contribution in [1.82, 2.24) is 15.2 Å². The van der Waals surface area contributed by atoms with Crippen molar-refractivity contribution < 1.29 is 9.53 Å². The Balaban J connectivity index is 1.41. The van der Waals surface area contributed by atoms with Crippen molar-refractivity contribution in [3.63, 3.8) is 0 Å². The maximum Gasteiger partial charge on any atom is 0.318 e. The Morgan fingerprint density at radius 3 is 2.54 bits per heavy atom. The summed E-state index contributed by atoms with van der Waals surface area (Å²) < 4.78 is 5.76. The lowest BCUT2D eigenvalue weighted by Gasteiger charge is -2.27. The normalized spacial score (nSPS) is 19.3. The van der Waals surface area contributed by atoms with E-state index in [1.165, 1.54) is 11.1 Å². The standard InChI is InChI=1S/C21H25N3O2/c25-21(23-19-12-17-4-1-2-5-18(17)13-19)24(15-20-6-3-11-26-20)14-16-7-9-22-10-8-16/h1-2,4-5,7-10,19-20H,3,6,11-15H2,(H,23,25)/t20-/m0/s1. The third kappa shape index (κ3) is 4.05. The molecule has 1 aliphatic heterocycles. The Morgan fingerprint density at radius 2 is 1.88 bits per heavy atom. The molecule has 2 heterocycles. The van der Waals surface area contributed by atoms with Crippen molar-refractivity contribution in [3.05, 3.63) is 65.5 Å². The predicted octanol–water partition coefficient (Wildman–Crippen LogP) is 2.94. The fraction of sp³-hybridized carbons (Fsp3) is 0.429. The summed E-state index contributed by atoms with van der Waals surface area (Å²) in [5, 5.41) is 3.24. The molecular weight excluding hydrogens is 326 g/mol. The van der Waals surface area contributed by atoms with Crippen molar-refractivity contribution in [2.24, 2.45) is 0 Å². The molecule has 136 valence electrons. The minimum absolute atomic E-state index is 0.00452. The van der Waals surface area contributed by atoms with Crippen LogP contribution in [0.2, 0.25) is 0 Å². The third-order valence-corrected chi connectivity index (χ3v) is 5.24. The number of fused-ring (bicyclic) bond motifs is 1. The van der Waals surface area contributed by atoms with Crippen LogP contribution in [0.1, 0.15) is 29.5 Å². The first-order chi connectivity index (χ1) is 12.8. The van der Waals surface area contributed by atoms with Gasteiger partial charge in [0.2, 0.25) is 0 Å². The number of nitrogens with one attached hydrogen (secondary N) is 1. The number of carbonyl (C=O) groups is 1. The van der Waals surface area contributed by atoms with Gasteiger partial charge in [-0.15, -0.1) is 0 Å². The van der Waals surface area contributed by atoms with Gasteiger partial charge in [0, 0.05) is 38.1 Å². The van der Waals surface area contributed by atoms with Gasteiger partial charge >= 0.3 is 6.03 Å². The molecule has 4 rings (SSSR count). The van der Waals surface area contributed by atoms with Crippen molar-refractivity contribution >= 4 is 6.03 Å². The van der Waals surface area contributed by atoms with E-state index >= 15 is 0 Å². The molecule has 1 aliphatic carbocycles. The second kappa shape index (κ2) is 7.87. The number of nitrogens with zero attached hydrogens (tertiary/aromatic N) is 2. The van der Waals surface area contributed by atoms with Crippen LogP contribution in [0.4, 0.5) is 4.79 Å². The quantitative estimate of drug-likeness (QED) is 0.901. The van der Waals surface area contributed by atoms with Gasteiger partial charge in [-0.25, -0.2) is 4.79 Å². The van der Waals surface area contributed by atoms with Crippen LogP contribution >= 0.6 is 0 Å². The summed E-state index contributed by atoms with van der Waals surface area (Å²) in [6.07, 6.45) is 7.59. The highest BCUT2D eigenvalue weighted by Crippen LogP contribution is 2.22. The Bertz CT molecular complexity index is 719. The molecule has 2 aromatic rings. The lowest BCUT2D eigenvalue weighted by Crippen LogP contribution is -2.47. The molecule has 0 bridgehead atoms. The number of amides is 2. The minimum atomic E-state index is -0.00452. The first kappa shape index (κ1) is 17.0. The van der Waals surface area contributed by atoms with Crippen LogP contribution in [0.15, 0.2) is 48.8 Å². The molecule has 1 atom stereocenters. The van der Waals surface area contributed by atoms with E-state index in [0.29, 0.717) is 13.1 Å². The molecule has 2 aliphatic rings. The molecule has 1 aromatic carbocycles. The lowest BCUT2D eigenvalue weighted by atomic mass is 10.1. The summed E-state index contributed by atoms with van der Waals surface area (Å²) in [7, 11) is 0. The van der Waals surface area contributed by atoms with Gasteiger partial charge in [-0.2, -0.15) is 0 Å². The topological polar surface area (TPSA) is 54.5 Å². The van der Waals surface area contributed by atoms with Crippen LogP contribution in [0.25, 0.3) is 0 Å². The van der Waals surface area contributed by atoms with Crippen LogP contribution in [0.3, 0.4) is 0 Å². The molecule has 0 unspecified atom stereocenters. The van der Waals surface area contributed by atoms with Crippen molar-refractivity contribution in [3.8, 4) is 0 Å². The molecule has 2 amide bonds. The van der Waals surface area contributed by atoms with E-state index in [0.717, 1.165) is 37.9 Å². The van der Waals surface area contributed by atoms with E-state index < -0.39 is 0 Å². The van der Waals surface area contributed by atoms with Crippen LogP contribution in [-0.2, 0) is 24.1 Å². The average molecular weight is 351 g/mol. The minimum Gasteiger partial charge on any atom is -0.376 e. The third-order valence-electron chi connectivity index (χ3n) is 5.24. The Morgan fingerprint density at radius 1 is 1.15 bits per heavy atom. The zero-order valence-electron chi connectivity index (χ0n) is 14.9. The molecular formula is C21H25N3O2. The van der Waals surface area contributed by atoms with Crippen LogP contribution in [-0.4, -0.2) is 41.2 Å². The SMILES string of the molecule is O=C(NC1Cc2ccccc2C1)N(Cc1ccncc1)C[C@@H]1CCCO1. The molecule has 1 aromatic heterocycles. The number of pyridine rings is 1. The van der Waals surface area contributed by atoms with E-state index in [1.54, 1.807) is 12.4 Å². The number of carbonyl (C=O) groups excluding carboxylic acids is 1. The summed E-state index contributed by atoms with van der Waals surface area (Å²) in [5.41, 5.74) is 3.78. The number of aromatic nitrogens is 1. The zero-order valence-corrected chi connectivity index (χ0v) is 14.9. The van der Waals surface area contributed by atoms with Gasteiger partial charge in [0.15, 0.2) is 0 Å². The van der Waals surface area contributed by atoms with E-state index in [2.05, 4.69) is 34.6 Å². The molecule has 1 fully saturated rings. The fourth-order valence-corrected chi connectivity index (χ4v) is 3.89. The molecule has 5 nitrogen and oxygen atoms in total. The molecule has 0 radical (unpaired) electrons. The lowest BCUT2D eigenvalue weighted by molar-refractivity contribution is 0.0789. The highest BCUT2D eigenvalue weighted by molar-refractivity contribution is 5.75. The molecule has 0 saturated carbocycles. The summed E-state index contributed by atoms with van der Waals surface area (Å²) in [5.74, 6) is 0. The molecule has 1 saturated heterocycles. The number of rotatable bonds is 5. The molecule has 26 heavy (non-hydrogen) atoms. The van der Waals surface area contributed by atoms with Gasteiger partial charge in [0.05, 0.1) is 6.10 Å². The first-order valence-electron chi connectivity index (χ1n) is 9.40. The predicted molar refractivity (Wildman–Crippen MR) is 99.8 cm³/mol. The van der Waals surface area contributed by atoms with E-state index in [4.69, 9.17) is 4.74 Å². The number of hydrogen-bond acceptors (Lipinski definition) is 3. The van der Waals surface area contributed by atoms with Gasteiger partial charge in [-0.3, -0.25) is 4.98 Å².